The first-order valence-corrected chi connectivity index (χ1v) is 6.63. The first kappa shape index (κ1) is 13.7. The first-order valence-electron chi connectivity index (χ1n) is 6.25. The summed E-state index contributed by atoms with van der Waals surface area (Å²) in [4.78, 5) is 0. The third kappa shape index (κ3) is 3.01. The number of rotatable bonds is 5. The summed E-state index contributed by atoms with van der Waals surface area (Å²) in [5.41, 5.74) is 2.91. The molecule has 19 heavy (non-hydrogen) atoms. The molecule has 1 aromatic heterocycles. The van der Waals surface area contributed by atoms with E-state index in [1.165, 1.54) is 0 Å². The van der Waals surface area contributed by atoms with Gasteiger partial charge < -0.3 is 10.1 Å². The fraction of sp³-hybridized carbons (Fsp3) is 0.357. The number of benzene rings is 1. The van der Waals surface area contributed by atoms with Crippen molar-refractivity contribution in [2.75, 3.05) is 12.4 Å². The normalized spacial score (nSPS) is 10.5. The molecule has 1 aromatic carbocycles. The van der Waals surface area contributed by atoms with E-state index in [9.17, 15) is 0 Å². The van der Waals surface area contributed by atoms with E-state index in [-0.39, 0.29) is 0 Å². The van der Waals surface area contributed by atoms with Crippen molar-refractivity contribution >= 4 is 17.3 Å². The minimum Gasteiger partial charge on any atom is -0.497 e. The van der Waals surface area contributed by atoms with Crippen LogP contribution in [0.3, 0.4) is 0 Å². The molecule has 2 aromatic rings. The van der Waals surface area contributed by atoms with Gasteiger partial charge in [0.15, 0.2) is 0 Å². The number of nitrogens with zero attached hydrogens (tertiary/aromatic N) is 2. The molecule has 0 saturated heterocycles. The molecule has 0 spiro atoms. The van der Waals surface area contributed by atoms with E-state index in [2.05, 4.69) is 17.3 Å². The van der Waals surface area contributed by atoms with Crippen LogP contribution in [-0.4, -0.2) is 16.9 Å². The highest BCUT2D eigenvalue weighted by Gasteiger charge is 2.11. The van der Waals surface area contributed by atoms with Gasteiger partial charge in [0.05, 0.1) is 30.1 Å². The minimum atomic E-state index is 0.653. The lowest BCUT2D eigenvalue weighted by Gasteiger charge is -2.09. The molecule has 0 bridgehead atoms. The second kappa shape index (κ2) is 5.97. The molecule has 0 radical (unpaired) electrons. The van der Waals surface area contributed by atoms with Crippen LogP contribution in [0.25, 0.3) is 0 Å². The van der Waals surface area contributed by atoms with Gasteiger partial charge >= 0.3 is 0 Å². The van der Waals surface area contributed by atoms with Crippen LogP contribution < -0.4 is 10.1 Å². The predicted molar refractivity (Wildman–Crippen MR) is 78.0 cm³/mol. The van der Waals surface area contributed by atoms with Crippen molar-refractivity contribution in [1.82, 2.24) is 9.78 Å². The van der Waals surface area contributed by atoms with Crippen molar-refractivity contribution in [1.29, 1.82) is 0 Å². The molecule has 102 valence electrons. The van der Waals surface area contributed by atoms with E-state index >= 15 is 0 Å². The Morgan fingerprint density at radius 2 is 2.00 bits per heavy atom. The Hall–Kier alpha value is -1.68. The van der Waals surface area contributed by atoms with Crippen LogP contribution in [-0.2, 0) is 13.1 Å². The number of methoxy groups -OCH3 is 1. The maximum atomic E-state index is 6.26. The number of anilines is 1. The van der Waals surface area contributed by atoms with E-state index < -0.39 is 0 Å². The van der Waals surface area contributed by atoms with E-state index in [1.807, 2.05) is 35.9 Å². The highest BCUT2D eigenvalue weighted by atomic mass is 35.5. The zero-order chi connectivity index (χ0) is 13.8. The van der Waals surface area contributed by atoms with Crippen LogP contribution in [0.2, 0.25) is 5.02 Å². The third-order valence-corrected chi connectivity index (χ3v) is 3.49. The molecule has 5 heteroatoms. The standard InChI is InChI=1S/C14H18ClN3O/c1-4-18-13(14(15)10(2)17-18)9-16-11-5-7-12(19-3)8-6-11/h5-8,16H,4,9H2,1-3H3. The maximum Gasteiger partial charge on any atom is 0.119 e. The van der Waals surface area contributed by atoms with Gasteiger partial charge in [-0.3, -0.25) is 4.68 Å². The van der Waals surface area contributed by atoms with E-state index in [4.69, 9.17) is 16.3 Å². The van der Waals surface area contributed by atoms with Gasteiger partial charge in [-0.25, -0.2) is 0 Å². The quantitative estimate of drug-likeness (QED) is 0.911. The molecular formula is C14H18ClN3O. The maximum absolute atomic E-state index is 6.26. The summed E-state index contributed by atoms with van der Waals surface area (Å²) in [5.74, 6) is 0.845. The van der Waals surface area contributed by atoms with Gasteiger partial charge in [-0.05, 0) is 38.1 Å². The molecule has 0 unspecified atom stereocenters. The topological polar surface area (TPSA) is 39.1 Å². The average molecular weight is 280 g/mol. The van der Waals surface area contributed by atoms with Gasteiger partial charge in [0, 0.05) is 12.2 Å². The number of hydrogen-bond acceptors (Lipinski definition) is 3. The lowest BCUT2D eigenvalue weighted by molar-refractivity contribution is 0.415. The molecule has 0 aliphatic rings. The SMILES string of the molecule is CCn1nc(C)c(Cl)c1CNc1ccc(OC)cc1. The summed E-state index contributed by atoms with van der Waals surface area (Å²) in [6.45, 7) is 5.44. The number of hydrogen-bond donors (Lipinski definition) is 1. The Labute approximate surface area is 118 Å². The van der Waals surface area contributed by atoms with Crippen LogP contribution in [0.5, 0.6) is 5.75 Å². The van der Waals surface area contributed by atoms with Crippen molar-refractivity contribution < 1.29 is 4.74 Å². The van der Waals surface area contributed by atoms with Crippen molar-refractivity contribution in [3.05, 3.63) is 40.7 Å². The van der Waals surface area contributed by atoms with Crippen LogP contribution >= 0.6 is 11.6 Å². The molecule has 0 amide bonds. The number of aromatic nitrogens is 2. The first-order chi connectivity index (χ1) is 9.15. The Morgan fingerprint density at radius 3 is 2.58 bits per heavy atom. The van der Waals surface area contributed by atoms with Crippen LogP contribution in [0, 0.1) is 6.92 Å². The van der Waals surface area contributed by atoms with Gasteiger partial charge in [-0.15, -0.1) is 0 Å². The monoisotopic (exact) mass is 279 g/mol. The van der Waals surface area contributed by atoms with Crippen LogP contribution in [0.15, 0.2) is 24.3 Å². The summed E-state index contributed by atoms with van der Waals surface area (Å²) in [5, 5.41) is 8.47. The second-order valence-electron chi connectivity index (χ2n) is 4.24. The molecule has 2 rings (SSSR count). The summed E-state index contributed by atoms with van der Waals surface area (Å²) >= 11 is 6.26. The van der Waals surface area contributed by atoms with Crippen LogP contribution in [0.1, 0.15) is 18.3 Å². The largest absolute Gasteiger partial charge is 0.497 e. The Kier molecular flexibility index (Phi) is 4.32. The van der Waals surface area contributed by atoms with E-state index in [0.29, 0.717) is 6.54 Å². The molecule has 0 fully saturated rings. The highest BCUT2D eigenvalue weighted by Crippen LogP contribution is 2.22. The number of halogens is 1. The average Bonchev–Trinajstić information content (AvgIpc) is 2.72. The predicted octanol–water partition coefficient (Wildman–Crippen LogP) is 3.49. The summed E-state index contributed by atoms with van der Waals surface area (Å²) < 4.78 is 7.05. The number of aryl methyl sites for hydroxylation is 2. The zero-order valence-electron chi connectivity index (χ0n) is 11.4. The number of nitrogens with one attached hydrogen (secondary N) is 1. The summed E-state index contributed by atoms with van der Waals surface area (Å²) in [6.07, 6.45) is 0. The lowest BCUT2D eigenvalue weighted by atomic mass is 10.3. The molecule has 0 saturated carbocycles. The molecule has 1 N–H and O–H groups in total. The van der Waals surface area contributed by atoms with Crippen molar-refractivity contribution in [2.24, 2.45) is 0 Å². The van der Waals surface area contributed by atoms with E-state index in [1.54, 1.807) is 7.11 Å². The highest BCUT2D eigenvalue weighted by molar-refractivity contribution is 6.31. The lowest BCUT2D eigenvalue weighted by Crippen LogP contribution is -2.08. The summed E-state index contributed by atoms with van der Waals surface area (Å²) in [7, 11) is 1.66. The van der Waals surface area contributed by atoms with Crippen molar-refractivity contribution in [3.8, 4) is 5.75 Å². The second-order valence-corrected chi connectivity index (χ2v) is 4.62. The Bertz CT molecular complexity index is 549. The third-order valence-electron chi connectivity index (χ3n) is 3.00. The molecule has 0 atom stereocenters. The number of ether oxygens (including phenoxy) is 1. The zero-order valence-corrected chi connectivity index (χ0v) is 12.2. The van der Waals surface area contributed by atoms with Crippen molar-refractivity contribution in [2.45, 2.75) is 26.9 Å². The Balaban J connectivity index is 2.09. The molecule has 4 nitrogen and oxygen atoms in total. The van der Waals surface area contributed by atoms with Gasteiger partial charge in [0.2, 0.25) is 0 Å². The van der Waals surface area contributed by atoms with Crippen LogP contribution in [0.4, 0.5) is 5.69 Å². The molecular weight excluding hydrogens is 262 g/mol. The fourth-order valence-electron chi connectivity index (χ4n) is 1.93. The summed E-state index contributed by atoms with van der Waals surface area (Å²) in [6, 6.07) is 7.80. The molecule has 1 heterocycles. The van der Waals surface area contributed by atoms with Crippen molar-refractivity contribution in [3.63, 3.8) is 0 Å². The van der Waals surface area contributed by atoms with E-state index in [0.717, 1.165) is 34.4 Å². The molecule has 0 aliphatic carbocycles. The molecule has 0 aliphatic heterocycles. The van der Waals surface area contributed by atoms with Gasteiger partial charge in [0.1, 0.15) is 5.75 Å². The smallest absolute Gasteiger partial charge is 0.119 e. The van der Waals surface area contributed by atoms with Gasteiger partial charge in [-0.2, -0.15) is 5.10 Å². The minimum absolute atomic E-state index is 0.653. The fourth-order valence-corrected chi connectivity index (χ4v) is 2.13. The van der Waals surface area contributed by atoms with Gasteiger partial charge in [-0.1, -0.05) is 11.6 Å². The van der Waals surface area contributed by atoms with Gasteiger partial charge in [0.25, 0.3) is 0 Å². The Morgan fingerprint density at radius 1 is 1.32 bits per heavy atom.